The van der Waals surface area contributed by atoms with E-state index in [-0.39, 0.29) is 59.5 Å². The number of hydrogen-bond acceptors (Lipinski definition) is 3. The Morgan fingerprint density at radius 3 is 0.829 bits per heavy atom. The Balaban J connectivity index is 0.000000114. The highest BCUT2D eigenvalue weighted by atomic mass is 16.3. The molecule has 0 N–H and O–H groups in total. The second-order valence-corrected chi connectivity index (χ2v) is 32.6. The zero-order valence-electron chi connectivity index (χ0n) is 79.6. The molecule has 26 aromatic rings. The summed E-state index contributed by atoms with van der Waals surface area (Å²) in [6, 6.07) is 143. The summed E-state index contributed by atoms with van der Waals surface area (Å²) in [6.07, 6.45) is 0. The molecule has 0 aliphatic rings. The first-order valence-corrected chi connectivity index (χ1v) is 43.4. The third-order valence-corrected chi connectivity index (χ3v) is 25.4. The first kappa shape index (κ1) is 65.7. The lowest BCUT2D eigenvalue weighted by Gasteiger charge is -2.17. The van der Waals surface area contributed by atoms with E-state index in [9.17, 15) is 0 Å². The summed E-state index contributed by atoms with van der Waals surface area (Å²) in [7, 11) is 0. The van der Waals surface area contributed by atoms with Crippen LogP contribution in [0.25, 0.3) is 253 Å². The lowest BCUT2D eigenvalue weighted by molar-refractivity contribution is 0.669. The van der Waals surface area contributed by atoms with E-state index < -0.39 is 12.1 Å². The largest absolute Gasteiger partial charge is 0.456 e. The van der Waals surface area contributed by atoms with Crippen molar-refractivity contribution in [3.63, 3.8) is 0 Å². The molecule has 0 aliphatic carbocycles. The summed E-state index contributed by atoms with van der Waals surface area (Å²) in [5.74, 6) is 0. The van der Waals surface area contributed by atoms with Crippen LogP contribution in [0.2, 0.25) is 0 Å². The van der Waals surface area contributed by atoms with Crippen LogP contribution in [0.4, 0.5) is 0 Å². The maximum atomic E-state index is 8.88. The number of fused-ring (bicyclic) bond motifs is 15. The molecule has 3 heteroatoms. The Kier molecular flexibility index (Phi) is 16.4. The van der Waals surface area contributed by atoms with Gasteiger partial charge < -0.3 is 13.3 Å². The van der Waals surface area contributed by atoms with Crippen molar-refractivity contribution in [3.05, 3.63) is 485 Å². The highest BCUT2D eigenvalue weighted by Gasteiger charge is 2.26. The van der Waals surface area contributed by atoms with E-state index in [2.05, 4.69) is 273 Å². The molecule has 0 spiro atoms. The number of furan rings is 3. The molecular formula is C126H80O3. The van der Waals surface area contributed by atoms with Gasteiger partial charge in [0.15, 0.2) is 0 Å². The molecule has 129 heavy (non-hydrogen) atoms. The van der Waals surface area contributed by atoms with Gasteiger partial charge in [-0.3, -0.25) is 0 Å². The smallest absolute Gasteiger partial charge is 0.143 e. The zero-order chi connectivity index (χ0) is 94.0. The van der Waals surface area contributed by atoms with E-state index in [1.807, 2.05) is 152 Å². The molecule has 23 aromatic carbocycles. The van der Waals surface area contributed by atoms with Crippen molar-refractivity contribution in [1.82, 2.24) is 0 Å². The SMILES string of the molecule is [2H]c1c([2H])c([2H])c(-c2c3ccccc3c(-c3ccc4oc5c(-c6ccccc6)c(-c6ccccc6)ccc5c4c3)c3ccccc23)c([2H])c1[2H].[2H]c1c([2H])c([2H])c(-c2c3ccccc3c(-c3ccc4oc5c(-c6ccccc6)ccc(-c6ccccc6)c5c4c3)c3ccccc23)c([2H])c1[2H].c1ccc(-c2ccc3c(c2)oc2ccc(-c4c5ccccc5c(-c5ccccc5)c5ccccc45)cc23)cc1. The van der Waals surface area contributed by atoms with Crippen LogP contribution in [0.15, 0.2) is 498 Å². The summed E-state index contributed by atoms with van der Waals surface area (Å²) >= 11 is 0. The van der Waals surface area contributed by atoms with Crippen molar-refractivity contribution in [1.29, 1.82) is 0 Å². The maximum Gasteiger partial charge on any atom is 0.143 e. The van der Waals surface area contributed by atoms with Crippen LogP contribution in [-0.2, 0) is 0 Å². The van der Waals surface area contributed by atoms with Crippen LogP contribution in [0, 0.1) is 0 Å². The summed E-state index contributed by atoms with van der Waals surface area (Å²) in [5.41, 5.74) is 26.7. The van der Waals surface area contributed by atoms with Gasteiger partial charge in [-0.25, -0.2) is 0 Å². The normalized spacial score (nSPS) is 12.7. The van der Waals surface area contributed by atoms with Crippen molar-refractivity contribution in [2.45, 2.75) is 0 Å². The van der Waals surface area contributed by atoms with Crippen molar-refractivity contribution >= 4 is 130 Å². The monoisotopic (exact) mass is 1650 g/mol. The van der Waals surface area contributed by atoms with Gasteiger partial charge in [-0.1, -0.05) is 424 Å². The molecule has 0 atom stereocenters. The zero-order valence-corrected chi connectivity index (χ0v) is 69.6. The van der Waals surface area contributed by atoms with Gasteiger partial charge in [0.2, 0.25) is 0 Å². The molecule has 3 nitrogen and oxygen atoms in total. The summed E-state index contributed by atoms with van der Waals surface area (Å²) in [6.45, 7) is 0. The van der Waals surface area contributed by atoms with Gasteiger partial charge in [0.25, 0.3) is 0 Å². The van der Waals surface area contributed by atoms with E-state index >= 15 is 0 Å². The lowest BCUT2D eigenvalue weighted by atomic mass is 9.85. The molecule has 0 saturated carbocycles. The van der Waals surface area contributed by atoms with Gasteiger partial charge >= 0.3 is 0 Å². The Morgan fingerprint density at radius 1 is 0.140 bits per heavy atom. The van der Waals surface area contributed by atoms with Crippen LogP contribution >= 0.6 is 0 Å². The van der Waals surface area contributed by atoms with Gasteiger partial charge in [0.1, 0.15) is 33.5 Å². The average Bonchev–Trinajstić information content (AvgIpc) is 1.41. The van der Waals surface area contributed by atoms with Crippen LogP contribution in [0.3, 0.4) is 0 Å². The second-order valence-electron chi connectivity index (χ2n) is 32.6. The van der Waals surface area contributed by atoms with E-state index in [1.54, 1.807) is 0 Å². The van der Waals surface area contributed by atoms with E-state index in [4.69, 9.17) is 27.0 Å². The number of benzene rings is 23. The third kappa shape index (κ3) is 13.3. The van der Waals surface area contributed by atoms with Crippen LogP contribution in [0.1, 0.15) is 13.7 Å². The molecule has 602 valence electrons. The first-order valence-electron chi connectivity index (χ1n) is 48.4. The van der Waals surface area contributed by atoms with Crippen molar-refractivity contribution < 1.29 is 27.0 Å². The number of hydrogen-bond donors (Lipinski definition) is 0. The Bertz CT molecular complexity index is 9260. The van der Waals surface area contributed by atoms with E-state index in [1.165, 1.54) is 49.4 Å². The van der Waals surface area contributed by atoms with Crippen LogP contribution in [0.5, 0.6) is 0 Å². The van der Waals surface area contributed by atoms with Gasteiger partial charge in [-0.05, 0) is 237 Å². The molecule has 0 saturated heterocycles. The summed E-state index contributed by atoms with van der Waals surface area (Å²) in [4.78, 5) is 0. The summed E-state index contributed by atoms with van der Waals surface area (Å²) < 4.78 is 105. The fraction of sp³-hybridized carbons (Fsp3) is 0. The molecule has 0 bridgehead atoms. The first-order chi connectivity index (χ1) is 68.2. The fourth-order valence-corrected chi connectivity index (χ4v) is 19.8. The van der Waals surface area contributed by atoms with Gasteiger partial charge in [-0.15, -0.1) is 0 Å². The molecule has 0 radical (unpaired) electrons. The summed E-state index contributed by atoms with van der Waals surface area (Å²) in [5, 5.41) is 18.3. The molecule has 26 rings (SSSR count). The highest BCUT2D eigenvalue weighted by molar-refractivity contribution is 6.27. The van der Waals surface area contributed by atoms with Crippen LogP contribution in [-0.4, -0.2) is 0 Å². The quantitative estimate of drug-likeness (QED) is 0.121. The van der Waals surface area contributed by atoms with Crippen LogP contribution < -0.4 is 0 Å². The molecule has 0 amide bonds. The predicted octanol–water partition coefficient (Wildman–Crippen LogP) is 36.0. The lowest BCUT2D eigenvalue weighted by Crippen LogP contribution is -1.90. The molecule has 0 fully saturated rings. The average molecular weight is 1650 g/mol. The Hall–Kier alpha value is -17.0. The van der Waals surface area contributed by atoms with Gasteiger partial charge in [0.05, 0.1) is 13.7 Å². The van der Waals surface area contributed by atoms with Crippen molar-refractivity contribution in [2.24, 2.45) is 0 Å². The van der Waals surface area contributed by atoms with Crippen molar-refractivity contribution in [2.75, 3.05) is 0 Å². The molecule has 0 aliphatic heterocycles. The Labute approximate surface area is 760 Å². The molecule has 3 aromatic heterocycles. The highest BCUT2D eigenvalue weighted by Crippen LogP contribution is 2.52. The fourth-order valence-electron chi connectivity index (χ4n) is 19.8. The van der Waals surface area contributed by atoms with E-state index in [0.717, 1.165) is 181 Å². The second kappa shape index (κ2) is 32.3. The third-order valence-electron chi connectivity index (χ3n) is 25.4. The molecule has 0 unspecified atom stereocenters. The minimum absolute atomic E-state index is 0.201. The maximum absolute atomic E-state index is 8.88. The van der Waals surface area contributed by atoms with Crippen molar-refractivity contribution in [3.8, 4) is 122 Å². The number of rotatable bonds is 11. The molecule has 3 heterocycles. The van der Waals surface area contributed by atoms with E-state index in [0.29, 0.717) is 11.1 Å². The minimum atomic E-state index is -0.403. The predicted molar refractivity (Wildman–Crippen MR) is 546 cm³/mol. The van der Waals surface area contributed by atoms with Gasteiger partial charge in [-0.2, -0.15) is 0 Å². The Morgan fingerprint density at radius 2 is 0.419 bits per heavy atom. The van der Waals surface area contributed by atoms with Gasteiger partial charge in [0, 0.05) is 43.4 Å². The molecular weight excluding hydrogens is 1560 g/mol. The standard InChI is InChI=1S/2C44H28O.C38H24O/c1-4-14-29(15-5-1)33-25-26-34(30-16-6-2-7-17-30)44-43(33)39-28-32(24-27-40(39)45-44)42-37-22-12-10-20-35(37)41(31-18-8-3-9-19-31)36-21-11-13-23-38(36)42;1-4-14-29(15-5-1)33-25-26-38-39-28-32(24-27-40(39)45-44(38)43(33)31-18-8-3-9-19-31)42-36-22-12-10-20-34(36)41(30-16-6-2-7-17-30)35-21-11-13-23-37(35)42;1-3-11-25(12-4-1)27-19-21-29-34-23-28(20-22-35(34)39-36(29)24-27)38-32-17-9-7-15-30(32)37(26-13-5-2-6-14-26)31-16-8-10-18-33(31)38/h2*1-28H;1-24H/i3D,8D,9D,18D,19D;2D,6D,7D,16D,17D;. The topological polar surface area (TPSA) is 39.4 Å². The minimum Gasteiger partial charge on any atom is -0.456 e.